The van der Waals surface area contributed by atoms with Crippen molar-refractivity contribution in [1.82, 2.24) is 10.2 Å². The molecule has 1 aromatic carbocycles. The molecule has 2 rings (SSSR count). The Morgan fingerprint density at radius 2 is 2.09 bits per heavy atom. The van der Waals surface area contributed by atoms with E-state index in [0.717, 1.165) is 18.6 Å². The van der Waals surface area contributed by atoms with Gasteiger partial charge >= 0.3 is 12.0 Å². The van der Waals surface area contributed by atoms with E-state index >= 15 is 0 Å². The molecule has 0 bridgehead atoms. The van der Waals surface area contributed by atoms with Crippen LogP contribution in [0.1, 0.15) is 24.8 Å². The van der Waals surface area contributed by atoms with Gasteiger partial charge in [0, 0.05) is 19.6 Å². The minimum atomic E-state index is -0.761. The van der Waals surface area contributed by atoms with Crippen LogP contribution in [-0.2, 0) is 11.2 Å². The highest BCUT2D eigenvalue weighted by Gasteiger charge is 2.26. The molecule has 0 saturated carbocycles. The number of carboxylic acid groups (broad SMARTS) is 1. The minimum Gasteiger partial charge on any atom is -0.497 e. The normalized spacial score (nSPS) is 15.3. The molecule has 1 heterocycles. The van der Waals surface area contributed by atoms with Crippen molar-refractivity contribution in [2.45, 2.75) is 25.7 Å². The van der Waals surface area contributed by atoms with Crippen molar-refractivity contribution < 1.29 is 19.4 Å². The predicted molar refractivity (Wildman–Crippen MR) is 86.6 cm³/mol. The SMILES string of the molecule is COc1cccc(CCCNC(=O)N2CCC(C(=O)O)CC2)c1. The zero-order valence-corrected chi connectivity index (χ0v) is 13.5. The van der Waals surface area contributed by atoms with Gasteiger partial charge in [0.1, 0.15) is 5.75 Å². The fourth-order valence-corrected chi connectivity index (χ4v) is 2.76. The van der Waals surface area contributed by atoms with Crippen molar-refractivity contribution >= 4 is 12.0 Å². The Kier molecular flexibility index (Phi) is 6.26. The highest BCUT2D eigenvalue weighted by molar-refractivity contribution is 5.75. The summed E-state index contributed by atoms with van der Waals surface area (Å²) in [6.07, 6.45) is 2.79. The van der Waals surface area contributed by atoms with E-state index in [4.69, 9.17) is 9.84 Å². The molecule has 1 saturated heterocycles. The lowest BCUT2D eigenvalue weighted by Crippen LogP contribution is -2.45. The van der Waals surface area contributed by atoms with E-state index in [2.05, 4.69) is 5.32 Å². The number of methoxy groups -OCH3 is 1. The fraction of sp³-hybridized carbons (Fsp3) is 0.529. The van der Waals surface area contributed by atoms with Gasteiger partial charge in [0.25, 0.3) is 0 Å². The van der Waals surface area contributed by atoms with E-state index in [1.165, 1.54) is 5.56 Å². The topological polar surface area (TPSA) is 78.9 Å². The summed E-state index contributed by atoms with van der Waals surface area (Å²) < 4.78 is 5.19. The number of hydrogen-bond acceptors (Lipinski definition) is 3. The molecule has 6 heteroatoms. The number of benzene rings is 1. The Balaban J connectivity index is 1.66. The molecule has 1 aliphatic rings. The Hall–Kier alpha value is -2.24. The van der Waals surface area contributed by atoms with Crippen LogP contribution in [0.3, 0.4) is 0 Å². The van der Waals surface area contributed by atoms with Crippen LogP contribution in [0.15, 0.2) is 24.3 Å². The lowest BCUT2D eigenvalue weighted by molar-refractivity contribution is -0.143. The molecular weight excluding hydrogens is 296 g/mol. The van der Waals surface area contributed by atoms with Gasteiger partial charge in [-0.25, -0.2) is 4.79 Å². The Morgan fingerprint density at radius 1 is 1.35 bits per heavy atom. The van der Waals surface area contributed by atoms with Crippen molar-refractivity contribution in [3.8, 4) is 5.75 Å². The van der Waals surface area contributed by atoms with Gasteiger partial charge < -0.3 is 20.1 Å². The van der Waals surface area contributed by atoms with Crippen LogP contribution in [-0.4, -0.2) is 48.8 Å². The number of likely N-dealkylation sites (tertiary alicyclic amines) is 1. The predicted octanol–water partition coefficient (Wildman–Crippen LogP) is 2.13. The number of rotatable bonds is 6. The zero-order valence-electron chi connectivity index (χ0n) is 13.5. The highest BCUT2D eigenvalue weighted by Crippen LogP contribution is 2.17. The lowest BCUT2D eigenvalue weighted by Gasteiger charge is -2.30. The molecule has 0 atom stereocenters. The summed E-state index contributed by atoms with van der Waals surface area (Å²) >= 11 is 0. The first kappa shape index (κ1) is 17.1. The number of carbonyl (C=O) groups excluding carboxylic acids is 1. The second kappa shape index (κ2) is 8.41. The lowest BCUT2D eigenvalue weighted by atomic mass is 9.97. The van der Waals surface area contributed by atoms with E-state index in [1.807, 2.05) is 24.3 Å². The maximum atomic E-state index is 12.0. The molecule has 1 aliphatic heterocycles. The van der Waals surface area contributed by atoms with Crippen molar-refractivity contribution in [2.24, 2.45) is 5.92 Å². The molecule has 23 heavy (non-hydrogen) atoms. The number of hydrogen-bond donors (Lipinski definition) is 2. The van der Waals surface area contributed by atoms with Gasteiger partial charge in [-0.15, -0.1) is 0 Å². The van der Waals surface area contributed by atoms with Crippen LogP contribution < -0.4 is 10.1 Å². The first-order valence-corrected chi connectivity index (χ1v) is 7.98. The number of nitrogens with one attached hydrogen (secondary N) is 1. The summed E-state index contributed by atoms with van der Waals surface area (Å²) in [4.78, 5) is 24.6. The summed E-state index contributed by atoms with van der Waals surface area (Å²) in [6.45, 7) is 1.63. The zero-order chi connectivity index (χ0) is 16.7. The van der Waals surface area contributed by atoms with Crippen molar-refractivity contribution in [3.05, 3.63) is 29.8 Å². The molecule has 1 aromatic rings. The molecule has 126 valence electrons. The number of nitrogens with zero attached hydrogens (tertiary/aromatic N) is 1. The van der Waals surface area contributed by atoms with Gasteiger partial charge in [-0.05, 0) is 43.4 Å². The van der Waals surface area contributed by atoms with Crippen LogP contribution in [0.25, 0.3) is 0 Å². The fourth-order valence-electron chi connectivity index (χ4n) is 2.76. The van der Waals surface area contributed by atoms with E-state index < -0.39 is 5.97 Å². The highest BCUT2D eigenvalue weighted by atomic mass is 16.5. The third kappa shape index (κ3) is 5.16. The molecule has 0 aliphatic carbocycles. The molecule has 0 spiro atoms. The monoisotopic (exact) mass is 320 g/mol. The van der Waals surface area contributed by atoms with E-state index in [-0.39, 0.29) is 11.9 Å². The van der Waals surface area contributed by atoms with Crippen LogP contribution in [0.5, 0.6) is 5.75 Å². The molecule has 0 aromatic heterocycles. The van der Waals surface area contributed by atoms with Gasteiger partial charge in [0.05, 0.1) is 13.0 Å². The molecule has 1 fully saturated rings. The Bertz CT molecular complexity index is 539. The summed E-state index contributed by atoms with van der Waals surface area (Å²) in [6, 6.07) is 7.81. The number of carboxylic acids is 1. The summed E-state index contributed by atoms with van der Waals surface area (Å²) in [7, 11) is 1.65. The van der Waals surface area contributed by atoms with Gasteiger partial charge in [0.2, 0.25) is 0 Å². The number of aliphatic carboxylic acids is 1. The van der Waals surface area contributed by atoms with E-state index in [9.17, 15) is 9.59 Å². The van der Waals surface area contributed by atoms with Crippen LogP contribution >= 0.6 is 0 Å². The van der Waals surface area contributed by atoms with Crippen LogP contribution in [0.4, 0.5) is 4.79 Å². The third-order valence-corrected chi connectivity index (χ3v) is 4.18. The Labute approximate surface area is 136 Å². The van der Waals surface area contributed by atoms with E-state index in [0.29, 0.717) is 32.5 Å². The summed E-state index contributed by atoms with van der Waals surface area (Å²) in [5.74, 6) is -0.233. The quantitative estimate of drug-likeness (QED) is 0.787. The summed E-state index contributed by atoms with van der Waals surface area (Å²) in [5, 5.41) is 11.9. The van der Waals surface area contributed by atoms with Crippen molar-refractivity contribution in [2.75, 3.05) is 26.7 Å². The average molecular weight is 320 g/mol. The number of carbonyl (C=O) groups is 2. The number of amides is 2. The third-order valence-electron chi connectivity index (χ3n) is 4.18. The average Bonchev–Trinajstić information content (AvgIpc) is 2.58. The standard InChI is InChI=1S/C17H24N2O4/c1-23-15-6-2-4-13(12-15)5-3-9-18-17(22)19-10-7-14(8-11-19)16(20)21/h2,4,6,12,14H,3,5,7-11H2,1H3,(H,18,22)(H,20,21). The molecule has 0 radical (unpaired) electrons. The summed E-state index contributed by atoms with van der Waals surface area (Å²) in [5.41, 5.74) is 1.18. The van der Waals surface area contributed by atoms with Crippen molar-refractivity contribution in [3.63, 3.8) is 0 Å². The molecule has 2 amide bonds. The van der Waals surface area contributed by atoms with Gasteiger partial charge in [-0.1, -0.05) is 12.1 Å². The molecular formula is C17H24N2O4. The molecule has 0 unspecified atom stereocenters. The van der Waals surface area contributed by atoms with E-state index in [1.54, 1.807) is 12.0 Å². The largest absolute Gasteiger partial charge is 0.497 e. The van der Waals surface area contributed by atoms with Crippen molar-refractivity contribution in [1.29, 1.82) is 0 Å². The number of piperidine rings is 1. The first-order valence-electron chi connectivity index (χ1n) is 7.98. The first-order chi connectivity index (χ1) is 11.1. The smallest absolute Gasteiger partial charge is 0.317 e. The number of aryl methyl sites for hydroxylation is 1. The minimum absolute atomic E-state index is 0.0977. The second-order valence-electron chi connectivity index (χ2n) is 5.79. The van der Waals surface area contributed by atoms with Gasteiger partial charge in [-0.2, -0.15) is 0 Å². The maximum Gasteiger partial charge on any atom is 0.317 e. The molecule has 6 nitrogen and oxygen atoms in total. The van der Waals surface area contributed by atoms with Gasteiger partial charge in [-0.3, -0.25) is 4.79 Å². The van der Waals surface area contributed by atoms with Gasteiger partial charge in [0.15, 0.2) is 0 Å². The molecule has 2 N–H and O–H groups in total. The number of urea groups is 1. The van der Waals surface area contributed by atoms with Crippen LogP contribution in [0.2, 0.25) is 0 Å². The second-order valence-corrected chi connectivity index (χ2v) is 5.79. The maximum absolute atomic E-state index is 12.0. The Morgan fingerprint density at radius 3 is 2.74 bits per heavy atom. The number of ether oxygens (including phenoxy) is 1. The van der Waals surface area contributed by atoms with Crippen LogP contribution in [0, 0.1) is 5.92 Å².